The quantitative estimate of drug-likeness (QED) is 0.498. The van der Waals surface area contributed by atoms with Gasteiger partial charge in [0.25, 0.3) is 0 Å². The van der Waals surface area contributed by atoms with Crippen LogP contribution in [-0.4, -0.2) is 11.0 Å². The molecule has 1 aromatic carbocycles. The van der Waals surface area contributed by atoms with Crippen molar-refractivity contribution in [2.45, 2.75) is 67.3 Å². The number of hydrogen-bond donors (Lipinski definition) is 1. The van der Waals surface area contributed by atoms with Crippen LogP contribution in [0.4, 0.5) is 0 Å². The van der Waals surface area contributed by atoms with Crippen molar-refractivity contribution >= 4 is 5.70 Å². The Bertz CT molecular complexity index is 1090. The fraction of sp³-hybridized carbons (Fsp3) is 0.367. The molecular weight excluding hydrogens is 388 g/mol. The molecule has 1 aliphatic heterocycles. The zero-order valence-corrected chi connectivity index (χ0v) is 20.9. The van der Waals surface area contributed by atoms with E-state index in [0.29, 0.717) is 6.04 Å². The lowest BCUT2D eigenvalue weighted by Gasteiger charge is -2.38. The zero-order valence-electron chi connectivity index (χ0n) is 20.9. The lowest BCUT2D eigenvalue weighted by molar-refractivity contribution is 0.286. The normalized spacial score (nSPS) is 17.7. The fourth-order valence-electron chi connectivity index (χ4n) is 4.43. The maximum atomic E-state index is 4.55. The van der Waals surface area contributed by atoms with E-state index in [0.717, 1.165) is 41.0 Å². The van der Waals surface area contributed by atoms with E-state index < -0.39 is 0 Å². The lowest BCUT2D eigenvalue weighted by Crippen LogP contribution is -2.44. The summed E-state index contributed by atoms with van der Waals surface area (Å²) >= 11 is 0. The second kappa shape index (κ2) is 9.32. The van der Waals surface area contributed by atoms with Gasteiger partial charge in [-0.2, -0.15) is 0 Å². The van der Waals surface area contributed by atoms with Crippen LogP contribution in [-0.2, 0) is 12.8 Å². The number of pyridine rings is 1. The molecule has 0 saturated carbocycles. The summed E-state index contributed by atoms with van der Waals surface area (Å²) in [5, 5.41) is 3.85. The van der Waals surface area contributed by atoms with Crippen LogP contribution in [0, 0.1) is 12.3 Å². The average molecular weight is 427 g/mol. The van der Waals surface area contributed by atoms with Gasteiger partial charge in [0.05, 0.1) is 0 Å². The third kappa shape index (κ3) is 4.96. The molecule has 0 saturated heterocycles. The number of aromatic nitrogens is 1. The molecule has 2 nitrogen and oxygen atoms in total. The predicted molar refractivity (Wildman–Crippen MR) is 140 cm³/mol. The fourth-order valence-corrected chi connectivity index (χ4v) is 4.43. The Hall–Kier alpha value is -2.87. The molecule has 1 atom stereocenters. The van der Waals surface area contributed by atoms with Crippen LogP contribution >= 0.6 is 0 Å². The van der Waals surface area contributed by atoms with Gasteiger partial charge in [0, 0.05) is 34.8 Å². The van der Waals surface area contributed by atoms with Crippen molar-refractivity contribution in [2.24, 2.45) is 5.41 Å². The summed E-state index contributed by atoms with van der Waals surface area (Å²) < 4.78 is 0. The van der Waals surface area contributed by atoms with E-state index in [2.05, 4.69) is 87.6 Å². The van der Waals surface area contributed by atoms with Gasteiger partial charge in [-0.1, -0.05) is 64.6 Å². The first-order chi connectivity index (χ1) is 15.0. The summed E-state index contributed by atoms with van der Waals surface area (Å²) in [6.45, 7) is 23.8. The SMILES string of the molecule is C=C(C)/C(=C/C)C(=C)/C=C1\NC(C(C)(C)C)Cc2cc(-c3ccc(C)nc3)c(CC)cc21. The van der Waals surface area contributed by atoms with E-state index in [1.54, 1.807) is 0 Å². The highest BCUT2D eigenvalue weighted by atomic mass is 15.0. The Morgan fingerprint density at radius 3 is 2.44 bits per heavy atom. The minimum Gasteiger partial charge on any atom is -0.381 e. The molecular formula is C30H38N2. The lowest BCUT2D eigenvalue weighted by atomic mass is 9.77. The molecule has 0 radical (unpaired) electrons. The molecule has 2 heteroatoms. The maximum Gasteiger partial charge on any atom is 0.0425 e. The van der Waals surface area contributed by atoms with E-state index >= 15 is 0 Å². The number of rotatable bonds is 5. The van der Waals surface area contributed by atoms with Crippen molar-refractivity contribution in [3.05, 3.63) is 94.9 Å². The van der Waals surface area contributed by atoms with Gasteiger partial charge in [0.1, 0.15) is 0 Å². The van der Waals surface area contributed by atoms with Gasteiger partial charge in [0.15, 0.2) is 0 Å². The summed E-state index contributed by atoms with van der Waals surface area (Å²) in [5.74, 6) is 0. The van der Waals surface area contributed by atoms with E-state index in [1.165, 1.54) is 27.8 Å². The third-order valence-electron chi connectivity index (χ3n) is 6.43. The van der Waals surface area contributed by atoms with Crippen molar-refractivity contribution in [1.29, 1.82) is 0 Å². The number of hydrogen-bond acceptors (Lipinski definition) is 2. The molecule has 1 aliphatic rings. The number of nitrogens with zero attached hydrogens (tertiary/aromatic N) is 1. The summed E-state index contributed by atoms with van der Waals surface area (Å²) in [5.41, 5.74) is 12.0. The van der Waals surface area contributed by atoms with Crippen molar-refractivity contribution in [3.8, 4) is 11.1 Å². The smallest absolute Gasteiger partial charge is 0.0425 e. The zero-order chi connectivity index (χ0) is 23.6. The van der Waals surface area contributed by atoms with Crippen molar-refractivity contribution in [1.82, 2.24) is 10.3 Å². The number of aryl methyl sites for hydroxylation is 2. The molecule has 0 bridgehead atoms. The topological polar surface area (TPSA) is 24.9 Å². The minimum absolute atomic E-state index is 0.130. The summed E-state index contributed by atoms with van der Waals surface area (Å²) in [6, 6.07) is 9.39. The molecule has 1 aromatic heterocycles. The van der Waals surface area contributed by atoms with Gasteiger partial charge < -0.3 is 5.32 Å². The molecule has 0 fully saturated rings. The van der Waals surface area contributed by atoms with Crippen molar-refractivity contribution in [2.75, 3.05) is 0 Å². The van der Waals surface area contributed by atoms with Gasteiger partial charge >= 0.3 is 0 Å². The predicted octanol–water partition coefficient (Wildman–Crippen LogP) is 7.60. The van der Waals surface area contributed by atoms with E-state index in [1.807, 2.05) is 27.0 Å². The average Bonchev–Trinajstić information content (AvgIpc) is 2.72. The standard InChI is InChI=1S/C30H38N2/c1-10-22-15-27-24(16-26(22)23-13-12-21(6)31-18-23)17-29(30(7,8)9)32-28(27)14-20(5)25(11-2)19(3)4/h11-16,18,29,32H,3,5,10,17H2,1-2,4,6-9H3/b25-11-,28-14-. The summed E-state index contributed by atoms with van der Waals surface area (Å²) in [7, 11) is 0. The van der Waals surface area contributed by atoms with Crippen LogP contribution in [0.5, 0.6) is 0 Å². The molecule has 0 spiro atoms. The van der Waals surface area contributed by atoms with E-state index in [4.69, 9.17) is 0 Å². The number of fused-ring (bicyclic) bond motifs is 1. The second-order valence-corrected chi connectivity index (χ2v) is 10.0. The van der Waals surface area contributed by atoms with Gasteiger partial charge in [-0.3, -0.25) is 4.98 Å². The molecule has 2 heterocycles. The van der Waals surface area contributed by atoms with Crippen LogP contribution in [0.15, 0.2) is 72.5 Å². The highest BCUT2D eigenvalue weighted by Crippen LogP contribution is 2.37. The highest BCUT2D eigenvalue weighted by Gasteiger charge is 2.31. The second-order valence-electron chi connectivity index (χ2n) is 10.0. The molecule has 0 amide bonds. The molecule has 2 aromatic rings. The number of nitrogens with one attached hydrogen (secondary N) is 1. The van der Waals surface area contributed by atoms with Crippen LogP contribution in [0.3, 0.4) is 0 Å². The van der Waals surface area contributed by atoms with Crippen molar-refractivity contribution < 1.29 is 0 Å². The molecule has 3 rings (SSSR count). The monoisotopic (exact) mass is 426 g/mol. The highest BCUT2D eigenvalue weighted by molar-refractivity contribution is 5.78. The van der Waals surface area contributed by atoms with Crippen molar-refractivity contribution in [3.63, 3.8) is 0 Å². The van der Waals surface area contributed by atoms with E-state index in [9.17, 15) is 0 Å². The molecule has 1 N–H and O–H groups in total. The van der Waals surface area contributed by atoms with Gasteiger partial charge in [-0.25, -0.2) is 0 Å². The molecule has 0 aliphatic carbocycles. The van der Waals surface area contributed by atoms with Crippen LogP contribution in [0.25, 0.3) is 16.8 Å². The number of allylic oxidation sites excluding steroid dienone is 5. The number of benzene rings is 1. The summed E-state index contributed by atoms with van der Waals surface area (Å²) in [6.07, 6.45) is 8.27. The van der Waals surface area contributed by atoms with Crippen LogP contribution in [0.1, 0.15) is 63.9 Å². The maximum absolute atomic E-state index is 4.55. The first kappa shape index (κ1) is 23.8. The molecule has 32 heavy (non-hydrogen) atoms. The van der Waals surface area contributed by atoms with Gasteiger partial charge in [-0.15, -0.1) is 0 Å². The Morgan fingerprint density at radius 2 is 1.91 bits per heavy atom. The Kier molecular flexibility index (Phi) is 6.93. The van der Waals surface area contributed by atoms with Crippen LogP contribution < -0.4 is 5.32 Å². The largest absolute Gasteiger partial charge is 0.381 e. The van der Waals surface area contributed by atoms with Gasteiger partial charge in [0.2, 0.25) is 0 Å². The van der Waals surface area contributed by atoms with Gasteiger partial charge in [-0.05, 0) is 85.1 Å². The molecule has 1 unspecified atom stereocenters. The Balaban J connectivity index is 2.18. The summed E-state index contributed by atoms with van der Waals surface area (Å²) in [4.78, 5) is 4.55. The van der Waals surface area contributed by atoms with Crippen LogP contribution in [0.2, 0.25) is 0 Å². The third-order valence-corrected chi connectivity index (χ3v) is 6.43. The first-order valence-corrected chi connectivity index (χ1v) is 11.6. The Labute approximate surface area is 194 Å². The first-order valence-electron chi connectivity index (χ1n) is 11.6. The van der Waals surface area contributed by atoms with E-state index in [-0.39, 0.29) is 5.41 Å². The molecule has 168 valence electrons. The minimum atomic E-state index is 0.130. The Morgan fingerprint density at radius 1 is 1.19 bits per heavy atom.